The number of rotatable bonds is 3. The van der Waals surface area contributed by atoms with E-state index in [2.05, 4.69) is 17.2 Å². The van der Waals surface area contributed by atoms with Crippen LogP contribution >= 0.6 is 23.4 Å². The molecular weight excluding hydrogens is 294 g/mol. The molecule has 1 atom stereocenters. The summed E-state index contributed by atoms with van der Waals surface area (Å²) >= 11 is 7.65. The average Bonchev–Trinajstić information content (AvgIpc) is 2.96. The lowest BCUT2D eigenvalue weighted by Gasteiger charge is -2.11. The van der Waals surface area contributed by atoms with Crippen molar-refractivity contribution in [3.8, 4) is 11.8 Å². The Morgan fingerprint density at radius 1 is 1.55 bits per heavy atom. The highest BCUT2D eigenvalue weighted by atomic mass is 35.5. The number of halogens is 1. The molecule has 1 saturated heterocycles. The van der Waals surface area contributed by atoms with Gasteiger partial charge in [0.2, 0.25) is 5.91 Å². The quantitative estimate of drug-likeness (QED) is 0.844. The van der Waals surface area contributed by atoms with Crippen molar-refractivity contribution < 1.29 is 9.90 Å². The smallest absolute Gasteiger partial charge is 0.237 e. The number of nitrogens with one attached hydrogen (secondary N) is 1. The number of carbonyl (C=O) groups is 1. The van der Waals surface area contributed by atoms with Crippen LogP contribution in [-0.2, 0) is 4.79 Å². The van der Waals surface area contributed by atoms with Crippen molar-refractivity contribution in [3.05, 3.63) is 28.8 Å². The lowest BCUT2D eigenvalue weighted by molar-refractivity contribution is -0.115. The molecule has 0 saturated carbocycles. The maximum atomic E-state index is 12.1. The third-order valence-corrected chi connectivity index (χ3v) is 4.53. The lowest BCUT2D eigenvalue weighted by atomic mass is 10.1. The van der Waals surface area contributed by atoms with E-state index in [1.807, 2.05) is 0 Å². The van der Waals surface area contributed by atoms with E-state index in [0.29, 0.717) is 22.7 Å². The molecule has 1 amide bonds. The van der Waals surface area contributed by atoms with Crippen molar-refractivity contribution >= 4 is 35.0 Å². The minimum Gasteiger partial charge on any atom is -0.395 e. The molecule has 20 heavy (non-hydrogen) atoms. The van der Waals surface area contributed by atoms with Crippen LogP contribution in [-0.4, -0.2) is 28.6 Å². The van der Waals surface area contributed by atoms with Crippen LogP contribution in [0.5, 0.6) is 0 Å². The Morgan fingerprint density at radius 3 is 3.10 bits per heavy atom. The molecule has 106 valence electrons. The van der Waals surface area contributed by atoms with Gasteiger partial charge in [0.15, 0.2) is 0 Å². The Bertz CT molecular complexity index is 545. The molecule has 1 aliphatic rings. The van der Waals surface area contributed by atoms with Gasteiger partial charge in [0.05, 0.1) is 17.5 Å². The normalized spacial score (nSPS) is 17.4. The van der Waals surface area contributed by atoms with Crippen LogP contribution in [0.2, 0.25) is 5.02 Å². The van der Waals surface area contributed by atoms with Crippen molar-refractivity contribution in [3.63, 3.8) is 0 Å². The molecule has 1 aromatic rings. The van der Waals surface area contributed by atoms with E-state index in [1.54, 1.807) is 30.0 Å². The Balaban J connectivity index is 2.14. The van der Waals surface area contributed by atoms with Gasteiger partial charge in [0.1, 0.15) is 0 Å². The summed E-state index contributed by atoms with van der Waals surface area (Å²) < 4.78 is 0. The first-order valence-corrected chi connectivity index (χ1v) is 7.95. The SMILES string of the molecule is O=C(Nc1ccc(Cl)cc1C#CCCO)C1CCCS1. The summed E-state index contributed by atoms with van der Waals surface area (Å²) in [5.41, 5.74) is 1.36. The Kier molecular flexibility index (Phi) is 5.78. The summed E-state index contributed by atoms with van der Waals surface area (Å²) in [6, 6.07) is 5.22. The molecular formula is C15H16ClNO2S. The van der Waals surface area contributed by atoms with Crippen LogP contribution in [0.15, 0.2) is 18.2 Å². The number of hydrogen-bond acceptors (Lipinski definition) is 3. The number of anilines is 1. The van der Waals surface area contributed by atoms with E-state index in [-0.39, 0.29) is 17.8 Å². The van der Waals surface area contributed by atoms with Gasteiger partial charge in [0.25, 0.3) is 0 Å². The first kappa shape index (κ1) is 15.2. The van der Waals surface area contributed by atoms with Crippen LogP contribution in [0.3, 0.4) is 0 Å². The van der Waals surface area contributed by atoms with Crippen molar-refractivity contribution in [2.24, 2.45) is 0 Å². The van der Waals surface area contributed by atoms with Crippen molar-refractivity contribution in [2.75, 3.05) is 17.7 Å². The van der Waals surface area contributed by atoms with Crippen LogP contribution < -0.4 is 5.32 Å². The third kappa shape index (κ3) is 4.17. The number of aliphatic hydroxyl groups excluding tert-OH is 1. The second kappa shape index (κ2) is 7.58. The minimum atomic E-state index is 0.0218. The molecule has 3 nitrogen and oxygen atoms in total. The first-order valence-electron chi connectivity index (χ1n) is 6.52. The monoisotopic (exact) mass is 309 g/mol. The molecule has 2 N–H and O–H groups in total. The van der Waals surface area contributed by atoms with Gasteiger partial charge in [-0.05, 0) is 36.8 Å². The predicted molar refractivity (Wildman–Crippen MR) is 84.1 cm³/mol. The molecule has 0 spiro atoms. The molecule has 0 aromatic heterocycles. The molecule has 1 heterocycles. The van der Waals surface area contributed by atoms with E-state index >= 15 is 0 Å². The standard InChI is InChI=1S/C15H16ClNO2S/c16-12-6-7-13(11(10-12)4-1-2-8-18)17-15(19)14-5-3-9-20-14/h6-7,10,14,18H,2-3,5,8-9H2,(H,17,19). The molecule has 1 fully saturated rings. The van der Waals surface area contributed by atoms with Gasteiger partial charge in [-0.1, -0.05) is 23.4 Å². The number of hydrogen-bond donors (Lipinski definition) is 2. The van der Waals surface area contributed by atoms with Gasteiger partial charge in [0, 0.05) is 17.0 Å². The topological polar surface area (TPSA) is 49.3 Å². The zero-order valence-corrected chi connectivity index (χ0v) is 12.6. The largest absolute Gasteiger partial charge is 0.395 e. The number of thioether (sulfide) groups is 1. The van der Waals surface area contributed by atoms with E-state index in [4.69, 9.17) is 16.7 Å². The zero-order chi connectivity index (χ0) is 14.4. The molecule has 0 bridgehead atoms. The van der Waals surface area contributed by atoms with E-state index in [9.17, 15) is 4.79 Å². The maximum absolute atomic E-state index is 12.1. The number of amides is 1. The fourth-order valence-corrected chi connectivity index (χ4v) is 3.27. The Labute approximate surface area is 128 Å². The summed E-state index contributed by atoms with van der Waals surface area (Å²) in [6.45, 7) is 0.0218. The molecule has 0 radical (unpaired) electrons. The van der Waals surface area contributed by atoms with Crippen LogP contribution in [0.25, 0.3) is 0 Å². The van der Waals surface area contributed by atoms with Crippen molar-refractivity contribution in [1.29, 1.82) is 0 Å². The van der Waals surface area contributed by atoms with Gasteiger partial charge in [-0.3, -0.25) is 4.79 Å². The summed E-state index contributed by atoms with van der Waals surface area (Å²) in [5, 5.41) is 12.3. The first-order chi connectivity index (χ1) is 9.70. The third-order valence-electron chi connectivity index (χ3n) is 2.92. The summed E-state index contributed by atoms with van der Waals surface area (Å²) in [4.78, 5) is 12.1. The summed E-state index contributed by atoms with van der Waals surface area (Å²) in [5.74, 6) is 6.85. The molecule has 5 heteroatoms. The van der Waals surface area contributed by atoms with Gasteiger partial charge < -0.3 is 10.4 Å². The molecule has 1 aromatic carbocycles. The Morgan fingerprint density at radius 2 is 2.40 bits per heavy atom. The van der Waals surface area contributed by atoms with E-state index < -0.39 is 0 Å². The van der Waals surface area contributed by atoms with Gasteiger partial charge in [-0.2, -0.15) is 0 Å². The highest BCUT2D eigenvalue weighted by Crippen LogP contribution is 2.28. The van der Waals surface area contributed by atoms with Gasteiger partial charge in [-0.25, -0.2) is 0 Å². The van der Waals surface area contributed by atoms with Crippen molar-refractivity contribution in [2.45, 2.75) is 24.5 Å². The van der Waals surface area contributed by atoms with E-state index in [0.717, 1.165) is 18.6 Å². The second-order valence-electron chi connectivity index (χ2n) is 4.46. The van der Waals surface area contributed by atoms with Crippen LogP contribution in [0.4, 0.5) is 5.69 Å². The molecule has 1 aliphatic heterocycles. The zero-order valence-electron chi connectivity index (χ0n) is 11.0. The number of carbonyl (C=O) groups excluding carboxylic acids is 1. The van der Waals surface area contributed by atoms with E-state index in [1.165, 1.54) is 0 Å². The van der Waals surface area contributed by atoms with Crippen LogP contribution in [0, 0.1) is 11.8 Å². The van der Waals surface area contributed by atoms with Gasteiger partial charge >= 0.3 is 0 Å². The molecule has 2 rings (SSSR count). The highest BCUT2D eigenvalue weighted by Gasteiger charge is 2.23. The fourth-order valence-electron chi connectivity index (χ4n) is 1.94. The maximum Gasteiger partial charge on any atom is 0.237 e. The predicted octanol–water partition coefficient (Wildman–Crippen LogP) is 2.91. The fraction of sp³-hybridized carbons (Fsp3) is 0.400. The average molecular weight is 310 g/mol. The number of aliphatic hydroxyl groups is 1. The lowest BCUT2D eigenvalue weighted by Crippen LogP contribution is -2.23. The highest BCUT2D eigenvalue weighted by molar-refractivity contribution is 8.00. The van der Waals surface area contributed by atoms with Crippen LogP contribution in [0.1, 0.15) is 24.8 Å². The van der Waals surface area contributed by atoms with Gasteiger partial charge in [-0.15, -0.1) is 11.8 Å². The number of benzene rings is 1. The summed E-state index contributed by atoms with van der Waals surface area (Å²) in [7, 11) is 0. The summed E-state index contributed by atoms with van der Waals surface area (Å²) in [6.07, 6.45) is 2.42. The molecule has 0 aliphatic carbocycles. The second-order valence-corrected chi connectivity index (χ2v) is 6.20. The Hall–Kier alpha value is -1.15. The molecule has 1 unspecified atom stereocenters. The minimum absolute atomic E-state index is 0.0218. The van der Waals surface area contributed by atoms with Crippen molar-refractivity contribution in [1.82, 2.24) is 0 Å².